The summed E-state index contributed by atoms with van der Waals surface area (Å²) in [4.78, 5) is 23.1. The van der Waals surface area contributed by atoms with Gasteiger partial charge in [0.15, 0.2) is 0 Å². The van der Waals surface area contributed by atoms with Crippen LogP contribution < -0.4 is 5.32 Å². The maximum Gasteiger partial charge on any atom is 0.120 e. The van der Waals surface area contributed by atoms with Crippen LogP contribution in [0.3, 0.4) is 0 Å². The monoisotopic (exact) mass is 498 g/mol. The van der Waals surface area contributed by atoms with Crippen LogP contribution in [-0.4, -0.2) is 64.4 Å². The highest BCUT2D eigenvalue weighted by Crippen LogP contribution is 2.39. The zero-order chi connectivity index (χ0) is 27.8. The van der Waals surface area contributed by atoms with Gasteiger partial charge in [-0.1, -0.05) is 68.7 Å². The van der Waals surface area contributed by atoms with Gasteiger partial charge < -0.3 is 24.5 Å². The smallest absolute Gasteiger partial charge is 0.120 e. The third-order valence-corrected chi connectivity index (χ3v) is 6.75. The van der Waals surface area contributed by atoms with Crippen LogP contribution in [0.1, 0.15) is 114 Å². The summed E-state index contributed by atoms with van der Waals surface area (Å²) in [5.74, 6) is 0. The van der Waals surface area contributed by atoms with Gasteiger partial charge in [-0.2, -0.15) is 0 Å². The van der Waals surface area contributed by atoms with Crippen LogP contribution in [0.25, 0.3) is 0 Å². The van der Waals surface area contributed by atoms with Crippen LogP contribution in [-0.2, 0) is 14.3 Å². The van der Waals surface area contributed by atoms with Crippen LogP contribution >= 0.6 is 0 Å². The standard InChI is InChI=1S/C13H26O.C11H23NO.C6H13NO/c1-6-8-12(2,3)11-13(4,5)9-7-10-14;1-10(2,6-7-13)8-11(3,4)9-12-5;1-7-4-3-6(5-7)8-2/h10H,6-9,11H2,1-5H3;7,12H,6,8-9H2,1-5H3;6H,3-5H2,1-2H3. The molecule has 1 atom stereocenters. The molecule has 0 saturated carbocycles. The average Bonchev–Trinajstić information content (AvgIpc) is 3.11. The largest absolute Gasteiger partial charge is 0.380 e. The molecule has 1 unspecified atom stereocenters. The Morgan fingerprint density at radius 1 is 0.886 bits per heavy atom. The zero-order valence-electron chi connectivity index (χ0n) is 25.7. The topological polar surface area (TPSA) is 58.6 Å². The molecule has 0 aromatic carbocycles. The molecule has 35 heavy (non-hydrogen) atoms. The van der Waals surface area contributed by atoms with E-state index in [1.807, 2.05) is 7.05 Å². The Balaban J connectivity index is 0. The summed E-state index contributed by atoms with van der Waals surface area (Å²) in [6.07, 6.45) is 10.9. The Labute approximate surface area is 219 Å². The Hall–Kier alpha value is -0.780. The first-order chi connectivity index (χ1) is 16.0. The Kier molecular flexibility index (Phi) is 18.3. The molecule has 1 aliphatic heterocycles. The molecule has 5 heteroatoms. The van der Waals surface area contributed by atoms with Gasteiger partial charge in [0.2, 0.25) is 0 Å². The molecule has 0 amide bonds. The molecular weight excluding hydrogens is 436 g/mol. The normalized spacial score (nSPS) is 17.2. The summed E-state index contributed by atoms with van der Waals surface area (Å²) in [5.41, 5.74) is 1.12. The van der Waals surface area contributed by atoms with Gasteiger partial charge in [0.25, 0.3) is 0 Å². The Morgan fingerprint density at radius 3 is 1.80 bits per heavy atom. The molecule has 210 valence electrons. The van der Waals surface area contributed by atoms with Crippen molar-refractivity contribution in [2.45, 2.75) is 120 Å². The number of hydrogen-bond donors (Lipinski definition) is 1. The van der Waals surface area contributed by atoms with Crippen molar-refractivity contribution in [1.82, 2.24) is 10.2 Å². The summed E-state index contributed by atoms with van der Waals surface area (Å²) in [6, 6.07) is 0. The van der Waals surface area contributed by atoms with Gasteiger partial charge in [-0.25, -0.2) is 0 Å². The highest BCUT2D eigenvalue weighted by molar-refractivity contribution is 5.50. The van der Waals surface area contributed by atoms with E-state index < -0.39 is 0 Å². The van der Waals surface area contributed by atoms with Crippen LogP contribution in [0.4, 0.5) is 0 Å². The van der Waals surface area contributed by atoms with Crippen molar-refractivity contribution in [3.63, 3.8) is 0 Å². The summed E-state index contributed by atoms with van der Waals surface area (Å²) in [6.45, 7) is 23.5. The number of nitrogens with one attached hydrogen (secondary N) is 1. The molecule has 0 bridgehead atoms. The molecule has 0 radical (unpaired) electrons. The minimum Gasteiger partial charge on any atom is -0.380 e. The predicted molar refractivity (Wildman–Crippen MR) is 152 cm³/mol. The number of methoxy groups -OCH3 is 1. The van der Waals surface area contributed by atoms with Crippen molar-refractivity contribution in [2.75, 3.05) is 40.8 Å². The second-order valence-corrected chi connectivity index (χ2v) is 13.8. The minimum atomic E-state index is 0.127. The molecule has 0 aromatic heterocycles. The van der Waals surface area contributed by atoms with Crippen LogP contribution in [0, 0.1) is 21.7 Å². The van der Waals surface area contributed by atoms with Gasteiger partial charge in [0, 0.05) is 33.0 Å². The third kappa shape index (κ3) is 21.0. The molecular formula is C30H62N2O3. The van der Waals surface area contributed by atoms with E-state index in [0.717, 1.165) is 38.5 Å². The van der Waals surface area contributed by atoms with Crippen LogP contribution in [0.2, 0.25) is 0 Å². The van der Waals surface area contributed by atoms with Crippen molar-refractivity contribution in [3.8, 4) is 0 Å². The number of likely N-dealkylation sites (N-methyl/N-ethyl adjacent to an activating group) is 1. The fraction of sp³-hybridized carbons (Fsp3) is 0.933. The predicted octanol–water partition coefficient (Wildman–Crippen LogP) is 6.78. The summed E-state index contributed by atoms with van der Waals surface area (Å²) in [7, 11) is 5.87. The van der Waals surface area contributed by atoms with Crippen molar-refractivity contribution in [1.29, 1.82) is 0 Å². The van der Waals surface area contributed by atoms with Gasteiger partial charge in [0.1, 0.15) is 12.6 Å². The number of rotatable bonds is 14. The molecule has 0 spiro atoms. The lowest BCUT2D eigenvalue weighted by Gasteiger charge is -2.34. The van der Waals surface area contributed by atoms with E-state index in [-0.39, 0.29) is 10.8 Å². The lowest BCUT2D eigenvalue weighted by Crippen LogP contribution is -2.32. The van der Waals surface area contributed by atoms with Crippen LogP contribution in [0.15, 0.2) is 0 Å². The van der Waals surface area contributed by atoms with Crippen molar-refractivity contribution < 1.29 is 14.3 Å². The fourth-order valence-electron chi connectivity index (χ4n) is 5.82. The Morgan fingerprint density at radius 2 is 1.43 bits per heavy atom. The van der Waals surface area contributed by atoms with E-state index in [4.69, 9.17) is 4.74 Å². The lowest BCUT2D eigenvalue weighted by molar-refractivity contribution is -0.110. The number of carbonyl (C=O) groups excluding carboxylic acids is 2. The lowest BCUT2D eigenvalue weighted by atomic mass is 9.71. The maximum absolute atomic E-state index is 10.4. The third-order valence-electron chi connectivity index (χ3n) is 6.75. The number of likely N-dealkylation sites (tertiary alicyclic amines) is 1. The fourth-order valence-corrected chi connectivity index (χ4v) is 5.82. The van der Waals surface area contributed by atoms with E-state index in [2.05, 4.69) is 79.6 Å². The van der Waals surface area contributed by atoms with Gasteiger partial charge in [-0.15, -0.1) is 0 Å². The van der Waals surface area contributed by atoms with Crippen molar-refractivity contribution in [2.24, 2.45) is 21.7 Å². The first kappa shape index (κ1) is 36.4. The second-order valence-electron chi connectivity index (χ2n) is 13.8. The maximum atomic E-state index is 10.4. The summed E-state index contributed by atoms with van der Waals surface area (Å²) >= 11 is 0. The van der Waals surface area contributed by atoms with E-state index in [1.165, 1.54) is 32.2 Å². The summed E-state index contributed by atoms with van der Waals surface area (Å²) in [5, 5.41) is 3.18. The number of hydrogen-bond acceptors (Lipinski definition) is 5. The quantitative estimate of drug-likeness (QED) is 0.267. The molecule has 1 rings (SSSR count). The molecule has 5 nitrogen and oxygen atoms in total. The van der Waals surface area contributed by atoms with E-state index in [1.54, 1.807) is 7.11 Å². The first-order valence-corrected chi connectivity index (χ1v) is 13.7. The van der Waals surface area contributed by atoms with Gasteiger partial charge in [-0.05, 0) is 74.4 Å². The summed E-state index contributed by atoms with van der Waals surface area (Å²) < 4.78 is 5.14. The zero-order valence-corrected chi connectivity index (χ0v) is 25.7. The number of carbonyl (C=O) groups is 2. The van der Waals surface area contributed by atoms with Gasteiger partial charge in [-0.3, -0.25) is 0 Å². The molecule has 0 aromatic rings. The van der Waals surface area contributed by atoms with Crippen LogP contribution in [0.5, 0.6) is 0 Å². The van der Waals surface area contributed by atoms with E-state index in [9.17, 15) is 9.59 Å². The minimum absolute atomic E-state index is 0.127. The number of ether oxygens (including phenoxy) is 1. The Bertz CT molecular complexity index is 556. The van der Waals surface area contributed by atoms with E-state index in [0.29, 0.717) is 29.8 Å². The number of aldehydes is 2. The SMILES string of the molecule is CCCC(C)(C)CC(C)(C)CCC=O.CNCC(C)(C)CC(C)(C)CC=O.COC1CCN(C)C1. The highest BCUT2D eigenvalue weighted by atomic mass is 16.5. The molecule has 1 heterocycles. The molecule has 0 aliphatic carbocycles. The van der Waals surface area contributed by atoms with Crippen molar-refractivity contribution >= 4 is 12.6 Å². The molecule has 1 fully saturated rings. The van der Waals surface area contributed by atoms with E-state index >= 15 is 0 Å². The van der Waals surface area contributed by atoms with Gasteiger partial charge >= 0.3 is 0 Å². The second kappa shape index (κ2) is 17.6. The number of nitrogens with zero attached hydrogens (tertiary/aromatic N) is 1. The average molecular weight is 499 g/mol. The van der Waals surface area contributed by atoms with Crippen molar-refractivity contribution in [3.05, 3.63) is 0 Å². The highest BCUT2D eigenvalue weighted by Gasteiger charge is 2.28. The molecule has 1 aliphatic rings. The first-order valence-electron chi connectivity index (χ1n) is 13.7. The molecule has 1 saturated heterocycles. The van der Waals surface area contributed by atoms with Gasteiger partial charge in [0.05, 0.1) is 6.10 Å². The molecule has 1 N–H and O–H groups in total.